The molecule has 26 heavy (non-hydrogen) atoms. The highest BCUT2D eigenvalue weighted by molar-refractivity contribution is 14.1. The van der Waals surface area contributed by atoms with Crippen molar-refractivity contribution in [1.82, 2.24) is 0 Å². The fourth-order valence-electron chi connectivity index (χ4n) is 3.50. The monoisotopic (exact) mass is 448 g/mol. The van der Waals surface area contributed by atoms with Gasteiger partial charge in [0.2, 0.25) is 0 Å². The van der Waals surface area contributed by atoms with Crippen molar-refractivity contribution >= 4 is 50.2 Å². The van der Waals surface area contributed by atoms with Crippen molar-refractivity contribution < 1.29 is 0 Å². The molecule has 0 heterocycles. The Morgan fingerprint density at radius 2 is 1.42 bits per heavy atom. The van der Waals surface area contributed by atoms with E-state index in [1.807, 2.05) is 0 Å². The van der Waals surface area contributed by atoms with Crippen LogP contribution in [-0.4, -0.2) is 0 Å². The molecule has 0 bridgehead atoms. The molecule has 0 aliphatic carbocycles. The summed E-state index contributed by atoms with van der Waals surface area (Å²) in [6.45, 7) is 4.39. The highest BCUT2D eigenvalue weighted by atomic mass is 127. The maximum Gasteiger partial charge on any atom is 0.0136 e. The third-order valence-electron chi connectivity index (χ3n) is 5.00. The van der Waals surface area contributed by atoms with E-state index in [1.54, 1.807) is 0 Å². The number of aryl methyl sites for hydroxylation is 1. The lowest BCUT2D eigenvalue weighted by Gasteiger charge is -2.10. The number of allylic oxidation sites excluding steroid dienone is 1. The number of benzene rings is 4. The van der Waals surface area contributed by atoms with E-state index in [0.29, 0.717) is 0 Å². The van der Waals surface area contributed by atoms with Gasteiger partial charge in [-0.2, -0.15) is 0 Å². The quantitative estimate of drug-likeness (QED) is 0.279. The number of fused-ring (bicyclic) bond motifs is 2. The Balaban J connectivity index is 1.80. The maximum atomic E-state index is 2.37. The molecule has 0 nitrogen and oxygen atoms in total. The molecule has 0 N–H and O–H groups in total. The second-order valence-corrected chi connectivity index (χ2v) is 7.98. The molecule has 0 unspecified atom stereocenters. The molecule has 4 aromatic carbocycles. The largest absolute Gasteiger partial charge is 0.0842 e. The van der Waals surface area contributed by atoms with Crippen LogP contribution in [0.3, 0.4) is 0 Å². The van der Waals surface area contributed by atoms with Crippen LogP contribution in [0.1, 0.15) is 24.5 Å². The topological polar surface area (TPSA) is 0 Å². The van der Waals surface area contributed by atoms with E-state index in [-0.39, 0.29) is 0 Å². The lowest BCUT2D eigenvalue weighted by molar-refractivity contribution is 1.23. The first-order chi connectivity index (χ1) is 12.7. The third kappa shape index (κ3) is 3.28. The number of rotatable bonds is 3. The molecule has 0 amide bonds. The SMILES string of the molecule is CC/C=C\c1ccc2cc(-c3ccc4cc(I)ccc4c3)ccc2c1C. The van der Waals surface area contributed by atoms with Crippen molar-refractivity contribution in [2.45, 2.75) is 20.3 Å². The second-order valence-electron chi connectivity index (χ2n) is 6.73. The fourth-order valence-corrected chi connectivity index (χ4v) is 4.02. The molecule has 0 fully saturated rings. The number of hydrogen-bond donors (Lipinski definition) is 0. The molecule has 128 valence electrons. The summed E-state index contributed by atoms with van der Waals surface area (Å²) in [6, 6.07) is 24.6. The molecular formula is C25H21I. The minimum absolute atomic E-state index is 1.07. The maximum absolute atomic E-state index is 2.37. The summed E-state index contributed by atoms with van der Waals surface area (Å²) >= 11 is 2.37. The highest BCUT2D eigenvalue weighted by Crippen LogP contribution is 2.30. The zero-order valence-corrected chi connectivity index (χ0v) is 17.2. The summed E-state index contributed by atoms with van der Waals surface area (Å²) < 4.78 is 1.27. The first kappa shape index (κ1) is 17.3. The van der Waals surface area contributed by atoms with Crippen molar-refractivity contribution in [1.29, 1.82) is 0 Å². The molecule has 0 atom stereocenters. The van der Waals surface area contributed by atoms with Crippen LogP contribution in [0.15, 0.2) is 72.8 Å². The van der Waals surface area contributed by atoms with Crippen LogP contribution in [-0.2, 0) is 0 Å². The first-order valence-corrected chi connectivity index (χ1v) is 10.1. The minimum atomic E-state index is 1.07. The van der Waals surface area contributed by atoms with E-state index in [2.05, 4.69) is 115 Å². The zero-order chi connectivity index (χ0) is 18.1. The van der Waals surface area contributed by atoms with Crippen molar-refractivity contribution in [3.05, 3.63) is 87.5 Å². The van der Waals surface area contributed by atoms with E-state index in [1.165, 1.54) is 47.4 Å². The summed E-state index contributed by atoms with van der Waals surface area (Å²) in [5.74, 6) is 0. The van der Waals surface area contributed by atoms with E-state index in [4.69, 9.17) is 0 Å². The van der Waals surface area contributed by atoms with Gasteiger partial charge in [-0.3, -0.25) is 0 Å². The zero-order valence-electron chi connectivity index (χ0n) is 15.1. The van der Waals surface area contributed by atoms with Crippen molar-refractivity contribution in [2.24, 2.45) is 0 Å². The third-order valence-corrected chi connectivity index (χ3v) is 5.67. The van der Waals surface area contributed by atoms with Gasteiger partial charge >= 0.3 is 0 Å². The lowest BCUT2D eigenvalue weighted by Crippen LogP contribution is -1.86. The molecule has 0 spiro atoms. The molecule has 0 aliphatic rings. The summed E-state index contributed by atoms with van der Waals surface area (Å²) in [4.78, 5) is 0. The molecule has 4 aromatic rings. The molecule has 0 saturated carbocycles. The minimum Gasteiger partial charge on any atom is -0.0842 e. The van der Waals surface area contributed by atoms with E-state index >= 15 is 0 Å². The Morgan fingerprint density at radius 3 is 2.23 bits per heavy atom. The van der Waals surface area contributed by atoms with Crippen LogP contribution in [0.25, 0.3) is 38.7 Å². The average molecular weight is 448 g/mol. The van der Waals surface area contributed by atoms with Crippen molar-refractivity contribution in [2.75, 3.05) is 0 Å². The van der Waals surface area contributed by atoms with Gasteiger partial charge in [-0.1, -0.05) is 61.5 Å². The van der Waals surface area contributed by atoms with E-state index in [9.17, 15) is 0 Å². The Hall–Kier alpha value is -2.13. The second kappa shape index (κ2) is 7.24. The van der Waals surface area contributed by atoms with Crippen LogP contribution in [0.5, 0.6) is 0 Å². The van der Waals surface area contributed by atoms with Crippen LogP contribution in [0.4, 0.5) is 0 Å². The molecule has 4 rings (SSSR count). The van der Waals surface area contributed by atoms with Gasteiger partial charge in [0.15, 0.2) is 0 Å². The first-order valence-electron chi connectivity index (χ1n) is 9.05. The fraction of sp³-hybridized carbons (Fsp3) is 0.120. The van der Waals surface area contributed by atoms with Gasteiger partial charge in [-0.25, -0.2) is 0 Å². The molecular weight excluding hydrogens is 427 g/mol. The van der Waals surface area contributed by atoms with Gasteiger partial charge in [0, 0.05) is 3.57 Å². The molecule has 0 radical (unpaired) electrons. The van der Waals surface area contributed by atoms with Gasteiger partial charge in [0.25, 0.3) is 0 Å². The van der Waals surface area contributed by atoms with E-state index in [0.717, 1.165) is 6.42 Å². The standard InChI is InChI=1S/C25H21I/c1-3-4-5-18-6-9-23-15-21(11-13-25(23)17(18)2)19-7-8-22-16-24(26)12-10-20(22)14-19/h4-16H,3H2,1-2H3/b5-4-. The van der Waals surface area contributed by atoms with Crippen LogP contribution in [0, 0.1) is 10.5 Å². The molecule has 1 heteroatoms. The van der Waals surface area contributed by atoms with Gasteiger partial charge in [-0.15, -0.1) is 0 Å². The summed E-state index contributed by atoms with van der Waals surface area (Å²) in [7, 11) is 0. The summed E-state index contributed by atoms with van der Waals surface area (Å²) in [6.07, 6.45) is 5.52. The van der Waals surface area contributed by atoms with E-state index < -0.39 is 0 Å². The Morgan fingerprint density at radius 1 is 0.769 bits per heavy atom. The Labute approximate surface area is 168 Å². The molecule has 0 aromatic heterocycles. The average Bonchev–Trinajstić information content (AvgIpc) is 2.67. The summed E-state index contributed by atoms with van der Waals surface area (Å²) in [5.41, 5.74) is 5.21. The lowest BCUT2D eigenvalue weighted by atomic mass is 9.95. The van der Waals surface area contributed by atoms with Crippen LogP contribution >= 0.6 is 22.6 Å². The molecule has 0 aliphatic heterocycles. The van der Waals surface area contributed by atoms with Gasteiger partial charge < -0.3 is 0 Å². The van der Waals surface area contributed by atoms with Gasteiger partial charge in [0.05, 0.1) is 0 Å². The van der Waals surface area contributed by atoms with Gasteiger partial charge in [0.1, 0.15) is 0 Å². The van der Waals surface area contributed by atoms with Crippen molar-refractivity contribution in [3.8, 4) is 11.1 Å². The molecule has 0 saturated heterocycles. The normalized spacial score (nSPS) is 11.7. The Bertz CT molecular complexity index is 1140. The van der Waals surface area contributed by atoms with Crippen molar-refractivity contribution in [3.63, 3.8) is 0 Å². The number of halogens is 1. The van der Waals surface area contributed by atoms with Crippen LogP contribution in [0.2, 0.25) is 0 Å². The predicted molar refractivity (Wildman–Crippen MR) is 124 cm³/mol. The number of hydrogen-bond acceptors (Lipinski definition) is 0. The van der Waals surface area contributed by atoms with Crippen LogP contribution < -0.4 is 0 Å². The smallest absolute Gasteiger partial charge is 0.0136 e. The van der Waals surface area contributed by atoms with Gasteiger partial charge in [-0.05, 0) is 104 Å². The highest BCUT2D eigenvalue weighted by Gasteiger charge is 2.05. The Kier molecular flexibility index (Phi) is 4.82. The summed E-state index contributed by atoms with van der Waals surface area (Å²) in [5, 5.41) is 5.22. The predicted octanol–water partition coefficient (Wildman–Crippen LogP) is 8.00.